The Balaban J connectivity index is 1.38. The number of hydrogen-bond acceptors (Lipinski definition) is 6. The lowest BCUT2D eigenvalue weighted by Gasteiger charge is -2.32. The summed E-state index contributed by atoms with van der Waals surface area (Å²) in [5.41, 5.74) is 4.45. The molecule has 0 unspecified atom stereocenters. The maximum Gasteiger partial charge on any atom is 0.257 e. The van der Waals surface area contributed by atoms with E-state index in [4.69, 9.17) is 9.88 Å². The standard InChI is InChI=1S/C25H25FN4O4S/c26-20-4-1-16(2-5-20)17-7-9-30(10-8-17)25(31)22-13-28-24(35(27,32)33)12-23(22)29-21-6-3-18-14-34-15-19(18)11-21/h1-6,11-13,17H,7-10,14-15H2,(H,28,29)(H2,27,32,33). The molecular formula is C25H25FN4O4S. The molecule has 0 saturated carbocycles. The maximum atomic E-state index is 13.4. The van der Waals surface area contributed by atoms with Gasteiger partial charge in [-0.1, -0.05) is 18.2 Å². The van der Waals surface area contributed by atoms with Crippen LogP contribution in [0, 0.1) is 5.82 Å². The number of primary sulfonamides is 1. The second kappa shape index (κ2) is 9.37. The van der Waals surface area contributed by atoms with Gasteiger partial charge in [0.15, 0.2) is 5.03 Å². The quantitative estimate of drug-likeness (QED) is 0.557. The molecule has 2 aliphatic rings. The van der Waals surface area contributed by atoms with E-state index < -0.39 is 10.0 Å². The molecule has 0 atom stereocenters. The zero-order valence-corrected chi connectivity index (χ0v) is 19.7. The highest BCUT2D eigenvalue weighted by Gasteiger charge is 2.27. The van der Waals surface area contributed by atoms with Crippen LogP contribution in [-0.4, -0.2) is 37.3 Å². The number of halogens is 1. The number of ether oxygens (including phenoxy) is 1. The first-order valence-corrected chi connectivity index (χ1v) is 12.9. The fraction of sp³-hybridized carbons (Fsp3) is 0.280. The molecule has 1 aromatic heterocycles. The number of amides is 1. The van der Waals surface area contributed by atoms with E-state index in [0.717, 1.165) is 29.5 Å². The summed E-state index contributed by atoms with van der Waals surface area (Å²) < 4.78 is 42.5. The van der Waals surface area contributed by atoms with Gasteiger partial charge in [0.25, 0.3) is 15.9 Å². The number of piperidine rings is 1. The third-order valence-electron chi connectivity index (χ3n) is 6.52. The van der Waals surface area contributed by atoms with Gasteiger partial charge in [-0.3, -0.25) is 4.79 Å². The molecule has 1 amide bonds. The second-order valence-electron chi connectivity index (χ2n) is 8.83. The van der Waals surface area contributed by atoms with Crippen molar-refractivity contribution < 1.29 is 22.3 Å². The molecule has 0 aliphatic carbocycles. The molecule has 5 rings (SSSR count). The van der Waals surface area contributed by atoms with Crippen LogP contribution in [0.25, 0.3) is 0 Å². The number of carbonyl (C=O) groups excluding carboxylic acids is 1. The van der Waals surface area contributed by atoms with Gasteiger partial charge < -0.3 is 15.0 Å². The molecule has 0 radical (unpaired) electrons. The van der Waals surface area contributed by atoms with Gasteiger partial charge in [-0.05, 0) is 59.7 Å². The lowest BCUT2D eigenvalue weighted by molar-refractivity contribution is 0.0713. The van der Waals surface area contributed by atoms with Gasteiger partial charge in [0.2, 0.25) is 0 Å². The maximum absolute atomic E-state index is 13.4. The largest absolute Gasteiger partial charge is 0.372 e. The van der Waals surface area contributed by atoms with Crippen LogP contribution in [-0.2, 0) is 28.0 Å². The molecule has 1 fully saturated rings. The number of carbonyl (C=O) groups is 1. The lowest BCUT2D eigenvalue weighted by atomic mass is 9.89. The first-order chi connectivity index (χ1) is 16.8. The highest BCUT2D eigenvalue weighted by atomic mass is 32.2. The van der Waals surface area contributed by atoms with E-state index in [1.54, 1.807) is 17.0 Å². The van der Waals surface area contributed by atoms with Crippen molar-refractivity contribution in [1.82, 2.24) is 9.88 Å². The van der Waals surface area contributed by atoms with E-state index in [-0.39, 0.29) is 28.2 Å². The van der Waals surface area contributed by atoms with Gasteiger partial charge in [0.1, 0.15) is 5.82 Å². The van der Waals surface area contributed by atoms with Crippen LogP contribution in [0.4, 0.5) is 15.8 Å². The molecule has 8 nitrogen and oxygen atoms in total. The third-order valence-corrected chi connectivity index (χ3v) is 7.33. The number of nitrogens with two attached hydrogens (primary N) is 1. The van der Waals surface area contributed by atoms with Crippen LogP contribution in [0.1, 0.15) is 45.8 Å². The van der Waals surface area contributed by atoms with Crippen molar-refractivity contribution in [3.8, 4) is 0 Å². The minimum absolute atomic E-state index is 0.244. The molecule has 1 saturated heterocycles. The van der Waals surface area contributed by atoms with Crippen molar-refractivity contribution in [2.75, 3.05) is 18.4 Å². The summed E-state index contributed by atoms with van der Waals surface area (Å²) >= 11 is 0. The number of anilines is 2. The van der Waals surface area contributed by atoms with Crippen LogP contribution in [0.5, 0.6) is 0 Å². The topological polar surface area (TPSA) is 115 Å². The zero-order valence-electron chi connectivity index (χ0n) is 18.9. The first kappa shape index (κ1) is 23.4. The lowest BCUT2D eigenvalue weighted by Crippen LogP contribution is -2.38. The summed E-state index contributed by atoms with van der Waals surface area (Å²) in [6.45, 7) is 2.09. The second-order valence-corrected chi connectivity index (χ2v) is 10.3. The molecule has 35 heavy (non-hydrogen) atoms. The zero-order chi connectivity index (χ0) is 24.6. The highest BCUT2D eigenvalue weighted by Crippen LogP contribution is 2.31. The van der Waals surface area contributed by atoms with E-state index in [2.05, 4.69) is 10.3 Å². The predicted molar refractivity (Wildman–Crippen MR) is 128 cm³/mol. The molecule has 3 aromatic rings. The Kier molecular flexibility index (Phi) is 6.26. The number of aromatic nitrogens is 1. The molecule has 2 aromatic carbocycles. The van der Waals surface area contributed by atoms with E-state index >= 15 is 0 Å². The Morgan fingerprint density at radius 1 is 1.06 bits per heavy atom. The summed E-state index contributed by atoms with van der Waals surface area (Å²) in [5.74, 6) is -0.274. The van der Waals surface area contributed by atoms with Gasteiger partial charge >= 0.3 is 0 Å². The average molecular weight is 497 g/mol. The van der Waals surface area contributed by atoms with Gasteiger partial charge in [-0.25, -0.2) is 22.9 Å². The fourth-order valence-electron chi connectivity index (χ4n) is 4.59. The Bertz CT molecular complexity index is 1370. The summed E-state index contributed by atoms with van der Waals surface area (Å²) in [4.78, 5) is 19.1. The number of rotatable bonds is 5. The fourth-order valence-corrected chi connectivity index (χ4v) is 5.07. The molecule has 182 valence electrons. The summed E-state index contributed by atoms with van der Waals surface area (Å²) in [5, 5.41) is 8.14. The van der Waals surface area contributed by atoms with Crippen molar-refractivity contribution in [2.45, 2.75) is 37.0 Å². The van der Waals surface area contributed by atoms with Crippen molar-refractivity contribution in [3.63, 3.8) is 0 Å². The summed E-state index contributed by atoms with van der Waals surface area (Å²) in [6, 6.07) is 13.5. The van der Waals surface area contributed by atoms with Crippen molar-refractivity contribution in [2.24, 2.45) is 5.14 Å². The number of nitrogens with zero attached hydrogens (tertiary/aromatic N) is 2. The minimum Gasteiger partial charge on any atom is -0.372 e. The average Bonchev–Trinajstić information content (AvgIpc) is 3.32. The molecule has 2 aliphatic heterocycles. The monoisotopic (exact) mass is 496 g/mol. The van der Waals surface area contributed by atoms with Crippen LogP contribution < -0.4 is 10.5 Å². The Hall–Kier alpha value is -3.34. The van der Waals surface area contributed by atoms with Gasteiger partial charge in [0, 0.05) is 31.0 Å². The summed E-state index contributed by atoms with van der Waals surface area (Å²) in [7, 11) is -4.06. The number of nitrogens with one attached hydrogen (secondary N) is 1. The number of likely N-dealkylation sites (tertiary alicyclic amines) is 1. The Labute approximate surface area is 203 Å². The molecule has 0 bridgehead atoms. The number of benzene rings is 2. The van der Waals surface area contributed by atoms with Crippen LogP contribution in [0.3, 0.4) is 0 Å². The van der Waals surface area contributed by atoms with Gasteiger partial charge in [-0.15, -0.1) is 0 Å². The SMILES string of the molecule is NS(=O)(=O)c1cc(Nc2ccc3c(c2)COC3)c(C(=O)N2CCC(c3ccc(F)cc3)CC2)cn1. The van der Waals surface area contributed by atoms with Crippen LogP contribution >= 0.6 is 0 Å². The van der Waals surface area contributed by atoms with E-state index in [0.29, 0.717) is 37.7 Å². The summed E-state index contributed by atoms with van der Waals surface area (Å²) in [6.07, 6.45) is 2.74. The number of sulfonamides is 1. The third kappa shape index (κ3) is 5.04. The number of hydrogen-bond donors (Lipinski definition) is 2. The minimum atomic E-state index is -4.06. The Morgan fingerprint density at radius 3 is 2.49 bits per heavy atom. The van der Waals surface area contributed by atoms with E-state index in [1.807, 2.05) is 18.2 Å². The molecule has 0 spiro atoms. The predicted octanol–water partition coefficient (Wildman–Crippen LogP) is 3.66. The molecular weight excluding hydrogens is 471 g/mol. The Morgan fingerprint density at radius 2 is 1.77 bits per heavy atom. The van der Waals surface area contributed by atoms with E-state index in [1.165, 1.54) is 24.4 Å². The molecule has 10 heteroatoms. The van der Waals surface area contributed by atoms with Crippen molar-refractivity contribution in [3.05, 3.63) is 82.8 Å². The van der Waals surface area contributed by atoms with Crippen molar-refractivity contribution in [1.29, 1.82) is 0 Å². The highest BCUT2D eigenvalue weighted by molar-refractivity contribution is 7.89. The van der Waals surface area contributed by atoms with E-state index in [9.17, 15) is 17.6 Å². The van der Waals surface area contributed by atoms with Crippen LogP contribution in [0.15, 0.2) is 59.8 Å². The number of pyridine rings is 1. The molecule has 3 heterocycles. The van der Waals surface area contributed by atoms with Gasteiger partial charge in [0.05, 0.1) is 24.5 Å². The first-order valence-electron chi connectivity index (χ1n) is 11.3. The number of fused-ring (bicyclic) bond motifs is 1. The smallest absolute Gasteiger partial charge is 0.257 e. The van der Waals surface area contributed by atoms with Crippen LogP contribution in [0.2, 0.25) is 0 Å². The normalized spacial score (nSPS) is 16.2. The van der Waals surface area contributed by atoms with Gasteiger partial charge in [-0.2, -0.15) is 0 Å². The van der Waals surface area contributed by atoms with Crippen molar-refractivity contribution >= 4 is 27.3 Å². The molecule has 3 N–H and O–H groups in total.